The Morgan fingerprint density at radius 3 is 2.95 bits per heavy atom. The van der Waals surface area contributed by atoms with Crippen molar-refractivity contribution in [3.63, 3.8) is 0 Å². The Bertz CT molecular complexity index is 529. The first-order valence-corrected chi connectivity index (χ1v) is 7.87. The number of hydrazone groups is 1. The van der Waals surface area contributed by atoms with Crippen molar-refractivity contribution in [2.45, 2.75) is 32.6 Å². The van der Waals surface area contributed by atoms with Crippen molar-refractivity contribution in [2.24, 2.45) is 11.0 Å². The van der Waals surface area contributed by atoms with Gasteiger partial charge in [0.25, 0.3) is 5.91 Å². The molecule has 1 aliphatic rings. The summed E-state index contributed by atoms with van der Waals surface area (Å²) in [4.78, 5) is 12.1. The fraction of sp³-hybridized carbons (Fsp3) is 0.467. The lowest BCUT2D eigenvalue weighted by Gasteiger charge is -2.18. The van der Waals surface area contributed by atoms with Gasteiger partial charge in [-0.15, -0.1) is 0 Å². The largest absolute Gasteiger partial charge is 0.496 e. The lowest BCUT2D eigenvalue weighted by Crippen LogP contribution is -2.22. The summed E-state index contributed by atoms with van der Waals surface area (Å²) >= 11 is 2.15. The number of rotatable bonds is 3. The molecular weight excluding hydrogens is 367 g/mol. The van der Waals surface area contributed by atoms with E-state index in [1.54, 1.807) is 25.3 Å². The molecule has 0 aromatic heterocycles. The highest BCUT2D eigenvalue weighted by atomic mass is 127. The Labute approximate surface area is 133 Å². The molecule has 5 heteroatoms. The minimum atomic E-state index is -0.170. The number of nitrogens with zero attached hydrogens (tertiary/aromatic N) is 1. The molecular formula is C15H19IN2O2. The van der Waals surface area contributed by atoms with Crippen LogP contribution in [0.1, 0.15) is 43.0 Å². The molecule has 20 heavy (non-hydrogen) atoms. The quantitative estimate of drug-likeness (QED) is 0.638. The second-order valence-corrected chi connectivity index (χ2v) is 6.33. The van der Waals surface area contributed by atoms with Crippen LogP contribution in [0.2, 0.25) is 0 Å². The first kappa shape index (κ1) is 15.3. The smallest absolute Gasteiger partial charge is 0.271 e. The highest BCUT2D eigenvalue weighted by Crippen LogP contribution is 2.22. The van der Waals surface area contributed by atoms with Gasteiger partial charge in [0, 0.05) is 11.3 Å². The van der Waals surface area contributed by atoms with E-state index in [-0.39, 0.29) is 5.91 Å². The Hall–Kier alpha value is -1.11. The number of carbonyl (C=O) groups is 1. The number of ether oxygens (including phenoxy) is 1. The molecule has 0 heterocycles. The Morgan fingerprint density at radius 2 is 2.30 bits per heavy atom. The summed E-state index contributed by atoms with van der Waals surface area (Å²) in [7, 11) is 1.62. The monoisotopic (exact) mass is 386 g/mol. The Kier molecular flexibility index (Phi) is 5.39. The highest BCUT2D eigenvalue weighted by molar-refractivity contribution is 14.1. The van der Waals surface area contributed by atoms with Gasteiger partial charge in [-0.2, -0.15) is 5.10 Å². The van der Waals surface area contributed by atoms with Crippen LogP contribution >= 0.6 is 22.6 Å². The zero-order valence-corrected chi connectivity index (χ0v) is 13.9. The van der Waals surface area contributed by atoms with Gasteiger partial charge in [0.05, 0.1) is 10.7 Å². The molecule has 0 radical (unpaired) electrons. The normalized spacial score (nSPS) is 20.8. The molecule has 108 valence electrons. The van der Waals surface area contributed by atoms with Crippen LogP contribution in [0.25, 0.3) is 0 Å². The number of carbonyl (C=O) groups excluding carboxylic acids is 1. The molecule has 1 N–H and O–H groups in total. The fourth-order valence-corrected chi connectivity index (χ4v) is 3.10. The maximum Gasteiger partial charge on any atom is 0.271 e. The van der Waals surface area contributed by atoms with E-state index >= 15 is 0 Å². The highest BCUT2D eigenvalue weighted by Gasteiger charge is 2.14. The van der Waals surface area contributed by atoms with Gasteiger partial charge >= 0.3 is 0 Å². The van der Waals surface area contributed by atoms with E-state index in [9.17, 15) is 4.79 Å². The molecule has 0 aliphatic heterocycles. The SMILES string of the molecule is COc1ccc(C(=O)NN=C2CCC[C@@H](C)C2)cc1I. The maximum atomic E-state index is 12.1. The van der Waals surface area contributed by atoms with Gasteiger partial charge in [-0.1, -0.05) is 6.92 Å². The first-order chi connectivity index (χ1) is 9.60. The molecule has 1 aromatic rings. The number of halogens is 1. The van der Waals surface area contributed by atoms with Crippen LogP contribution in [0, 0.1) is 9.49 Å². The lowest BCUT2D eigenvalue weighted by atomic mass is 9.89. The van der Waals surface area contributed by atoms with E-state index in [4.69, 9.17) is 4.74 Å². The van der Waals surface area contributed by atoms with E-state index in [1.807, 2.05) is 0 Å². The molecule has 2 rings (SSSR count). The number of hydrogen-bond acceptors (Lipinski definition) is 3. The summed E-state index contributed by atoms with van der Waals surface area (Å²) in [5.41, 5.74) is 4.36. The minimum absolute atomic E-state index is 0.170. The van der Waals surface area contributed by atoms with E-state index < -0.39 is 0 Å². The standard InChI is InChI=1S/C15H19IN2O2/c1-10-4-3-5-12(8-10)17-18-15(19)11-6-7-14(20-2)13(16)9-11/h6-7,9-10H,3-5,8H2,1-2H3,(H,18,19)/t10-/m1/s1. The molecule has 1 amide bonds. The van der Waals surface area contributed by atoms with Crippen molar-refractivity contribution in [3.05, 3.63) is 27.3 Å². The third kappa shape index (κ3) is 3.94. The summed E-state index contributed by atoms with van der Waals surface area (Å²) in [6.07, 6.45) is 4.39. The first-order valence-electron chi connectivity index (χ1n) is 6.79. The van der Waals surface area contributed by atoms with Gasteiger partial charge in [-0.25, -0.2) is 5.43 Å². The van der Waals surface area contributed by atoms with Gasteiger partial charge in [-0.05, 0) is 72.4 Å². The predicted octanol–water partition coefficient (Wildman–Crippen LogP) is 3.60. The number of nitrogens with one attached hydrogen (secondary N) is 1. The van der Waals surface area contributed by atoms with Crippen molar-refractivity contribution in [2.75, 3.05) is 7.11 Å². The van der Waals surface area contributed by atoms with Crippen molar-refractivity contribution in [1.82, 2.24) is 5.43 Å². The number of methoxy groups -OCH3 is 1. The summed E-state index contributed by atoms with van der Waals surface area (Å²) in [6.45, 7) is 2.22. The van der Waals surface area contributed by atoms with Crippen molar-refractivity contribution in [1.29, 1.82) is 0 Å². The second-order valence-electron chi connectivity index (χ2n) is 5.17. The van der Waals surface area contributed by atoms with Crippen LogP contribution in [0.3, 0.4) is 0 Å². The average molecular weight is 386 g/mol. The summed E-state index contributed by atoms with van der Waals surface area (Å²) in [5.74, 6) is 1.27. The van der Waals surface area contributed by atoms with Gasteiger partial charge in [0.15, 0.2) is 0 Å². The molecule has 1 saturated carbocycles. The van der Waals surface area contributed by atoms with E-state index in [1.165, 1.54) is 6.42 Å². The van der Waals surface area contributed by atoms with Crippen molar-refractivity contribution >= 4 is 34.2 Å². The van der Waals surface area contributed by atoms with Gasteiger partial charge in [-0.3, -0.25) is 4.79 Å². The minimum Gasteiger partial charge on any atom is -0.496 e. The van der Waals surface area contributed by atoms with Gasteiger partial charge < -0.3 is 4.74 Å². The van der Waals surface area contributed by atoms with Gasteiger partial charge in [0.2, 0.25) is 0 Å². The van der Waals surface area contributed by atoms with Crippen LogP contribution in [0.4, 0.5) is 0 Å². The number of hydrogen-bond donors (Lipinski definition) is 1. The fourth-order valence-electron chi connectivity index (χ4n) is 2.36. The van der Waals surface area contributed by atoms with E-state index in [2.05, 4.69) is 40.0 Å². The summed E-state index contributed by atoms with van der Waals surface area (Å²) in [6, 6.07) is 5.35. The molecule has 0 bridgehead atoms. The molecule has 0 saturated heterocycles. The zero-order chi connectivity index (χ0) is 14.5. The Balaban J connectivity index is 2.01. The number of amides is 1. The molecule has 4 nitrogen and oxygen atoms in total. The average Bonchev–Trinajstić information content (AvgIpc) is 2.44. The second kappa shape index (κ2) is 7.06. The molecule has 1 fully saturated rings. The molecule has 1 aliphatic carbocycles. The van der Waals surface area contributed by atoms with Crippen LogP contribution in [0.5, 0.6) is 5.75 Å². The molecule has 1 atom stereocenters. The van der Waals surface area contributed by atoms with E-state index in [0.29, 0.717) is 11.5 Å². The van der Waals surface area contributed by atoms with E-state index in [0.717, 1.165) is 34.3 Å². The van der Waals surface area contributed by atoms with Crippen LogP contribution in [0.15, 0.2) is 23.3 Å². The van der Waals surface area contributed by atoms with Crippen molar-refractivity contribution in [3.8, 4) is 5.75 Å². The number of benzene rings is 1. The Morgan fingerprint density at radius 1 is 1.50 bits per heavy atom. The lowest BCUT2D eigenvalue weighted by molar-refractivity contribution is 0.0954. The maximum absolute atomic E-state index is 12.1. The zero-order valence-electron chi connectivity index (χ0n) is 11.8. The van der Waals surface area contributed by atoms with Gasteiger partial charge in [0.1, 0.15) is 5.75 Å². The summed E-state index contributed by atoms with van der Waals surface area (Å²) in [5, 5.41) is 4.27. The van der Waals surface area contributed by atoms with Crippen LogP contribution in [-0.2, 0) is 0 Å². The molecule has 0 unspecified atom stereocenters. The molecule has 0 spiro atoms. The topological polar surface area (TPSA) is 50.7 Å². The van der Waals surface area contributed by atoms with Crippen LogP contribution < -0.4 is 10.2 Å². The molecule has 1 aromatic carbocycles. The summed E-state index contributed by atoms with van der Waals surface area (Å²) < 4.78 is 6.09. The third-order valence-corrected chi connectivity index (χ3v) is 4.32. The third-order valence-electron chi connectivity index (χ3n) is 3.48. The van der Waals surface area contributed by atoms with Crippen molar-refractivity contribution < 1.29 is 9.53 Å². The van der Waals surface area contributed by atoms with Crippen LogP contribution in [-0.4, -0.2) is 18.7 Å². The predicted molar refractivity (Wildman–Crippen MR) is 88.2 cm³/mol.